The number of halogens is 1. The molecule has 0 radical (unpaired) electrons. The van der Waals surface area contributed by atoms with Crippen LogP contribution in [0.2, 0.25) is 0 Å². The normalized spacial score (nSPS) is 11.2. The second-order valence-electron chi connectivity index (χ2n) is 3.54. The van der Waals surface area contributed by atoms with Gasteiger partial charge in [-0.3, -0.25) is 4.98 Å². The van der Waals surface area contributed by atoms with E-state index in [1.165, 1.54) is 13.2 Å². The highest BCUT2D eigenvalue weighted by Gasteiger charge is 2.17. The summed E-state index contributed by atoms with van der Waals surface area (Å²) in [6.07, 6.45) is 3.27. The van der Waals surface area contributed by atoms with E-state index in [0.29, 0.717) is 0 Å². The molecule has 1 aromatic carbocycles. The molecule has 2 aromatic rings. The molecule has 0 aliphatic rings. The Bertz CT molecular complexity index is 656. The van der Waals surface area contributed by atoms with Gasteiger partial charge in [-0.25, -0.2) is 8.42 Å². The van der Waals surface area contributed by atoms with E-state index in [0.717, 1.165) is 11.1 Å². The smallest absolute Gasteiger partial charge is 0.265 e. The third kappa shape index (κ3) is 2.63. The number of pyridine rings is 1. The van der Waals surface area contributed by atoms with E-state index < -0.39 is 9.05 Å². The summed E-state index contributed by atoms with van der Waals surface area (Å²) in [6, 6.07) is 8.39. The third-order valence-corrected chi connectivity index (χ3v) is 3.78. The van der Waals surface area contributed by atoms with Gasteiger partial charge in [0, 0.05) is 23.1 Å². The summed E-state index contributed by atoms with van der Waals surface area (Å²) in [4.78, 5) is 3.87. The van der Waals surface area contributed by atoms with Crippen molar-refractivity contribution in [3.05, 3.63) is 42.7 Å². The minimum absolute atomic E-state index is 0.0408. The van der Waals surface area contributed by atoms with Gasteiger partial charge in [0.15, 0.2) is 0 Å². The molecule has 0 fully saturated rings. The highest BCUT2D eigenvalue weighted by molar-refractivity contribution is 8.13. The van der Waals surface area contributed by atoms with Gasteiger partial charge >= 0.3 is 0 Å². The van der Waals surface area contributed by atoms with Crippen LogP contribution in [0.4, 0.5) is 0 Å². The molecule has 2 rings (SSSR count). The third-order valence-electron chi connectivity index (χ3n) is 2.44. The molecule has 0 atom stereocenters. The van der Waals surface area contributed by atoms with E-state index in [1.54, 1.807) is 36.7 Å². The number of hydrogen-bond acceptors (Lipinski definition) is 4. The van der Waals surface area contributed by atoms with E-state index >= 15 is 0 Å². The van der Waals surface area contributed by atoms with Crippen LogP contribution in [0.1, 0.15) is 0 Å². The Hall–Kier alpha value is -1.59. The van der Waals surface area contributed by atoms with E-state index in [2.05, 4.69) is 4.98 Å². The molecule has 0 saturated carbocycles. The molecule has 0 bridgehead atoms. The zero-order valence-electron chi connectivity index (χ0n) is 9.50. The number of methoxy groups -OCH3 is 1. The minimum Gasteiger partial charge on any atom is -0.495 e. The quantitative estimate of drug-likeness (QED) is 0.813. The van der Waals surface area contributed by atoms with Gasteiger partial charge in [-0.15, -0.1) is 0 Å². The highest BCUT2D eigenvalue weighted by Crippen LogP contribution is 2.31. The Morgan fingerprint density at radius 2 is 1.78 bits per heavy atom. The van der Waals surface area contributed by atoms with Crippen molar-refractivity contribution in [2.24, 2.45) is 0 Å². The van der Waals surface area contributed by atoms with Gasteiger partial charge in [0.1, 0.15) is 10.6 Å². The minimum atomic E-state index is -3.84. The van der Waals surface area contributed by atoms with Crippen molar-refractivity contribution in [3.8, 4) is 16.9 Å². The number of ether oxygens (including phenoxy) is 1. The maximum Gasteiger partial charge on any atom is 0.265 e. The summed E-state index contributed by atoms with van der Waals surface area (Å²) in [5.74, 6) is 0.225. The lowest BCUT2D eigenvalue weighted by molar-refractivity contribution is 0.403. The fourth-order valence-electron chi connectivity index (χ4n) is 1.59. The van der Waals surface area contributed by atoms with E-state index in [9.17, 15) is 8.42 Å². The van der Waals surface area contributed by atoms with Gasteiger partial charge < -0.3 is 4.74 Å². The predicted octanol–water partition coefficient (Wildman–Crippen LogP) is 2.68. The second kappa shape index (κ2) is 4.96. The van der Waals surface area contributed by atoms with E-state index in [4.69, 9.17) is 15.4 Å². The molecule has 1 aromatic heterocycles. The van der Waals surface area contributed by atoms with Crippen molar-refractivity contribution in [3.63, 3.8) is 0 Å². The molecule has 0 aliphatic carbocycles. The van der Waals surface area contributed by atoms with E-state index in [1.807, 2.05) is 0 Å². The first kappa shape index (κ1) is 12.9. The van der Waals surface area contributed by atoms with Crippen LogP contribution < -0.4 is 4.74 Å². The van der Waals surface area contributed by atoms with Crippen molar-refractivity contribution in [2.45, 2.75) is 4.90 Å². The van der Waals surface area contributed by atoms with Crippen molar-refractivity contribution in [1.82, 2.24) is 4.98 Å². The van der Waals surface area contributed by atoms with Crippen LogP contribution in [0.5, 0.6) is 5.75 Å². The van der Waals surface area contributed by atoms with Crippen LogP contribution in [0.25, 0.3) is 11.1 Å². The average molecular weight is 284 g/mol. The lowest BCUT2D eigenvalue weighted by Gasteiger charge is -2.08. The van der Waals surface area contributed by atoms with Crippen LogP contribution in [-0.4, -0.2) is 20.5 Å². The van der Waals surface area contributed by atoms with Crippen molar-refractivity contribution >= 4 is 19.7 Å². The Kier molecular flexibility index (Phi) is 3.54. The van der Waals surface area contributed by atoms with Crippen LogP contribution >= 0.6 is 10.7 Å². The zero-order valence-corrected chi connectivity index (χ0v) is 11.1. The second-order valence-corrected chi connectivity index (χ2v) is 6.07. The van der Waals surface area contributed by atoms with Crippen molar-refractivity contribution < 1.29 is 13.2 Å². The van der Waals surface area contributed by atoms with Gasteiger partial charge in [-0.2, -0.15) is 0 Å². The lowest BCUT2D eigenvalue weighted by Crippen LogP contribution is -1.96. The number of rotatable bonds is 3. The fraction of sp³-hybridized carbons (Fsp3) is 0.0833. The average Bonchev–Trinajstić information content (AvgIpc) is 2.38. The predicted molar refractivity (Wildman–Crippen MR) is 69.3 cm³/mol. The molecular formula is C12H10ClNO3S. The zero-order chi connectivity index (χ0) is 13.2. The number of benzene rings is 1. The fourth-order valence-corrected chi connectivity index (χ4v) is 2.61. The summed E-state index contributed by atoms with van der Waals surface area (Å²) < 4.78 is 27.9. The van der Waals surface area contributed by atoms with Crippen molar-refractivity contribution in [2.75, 3.05) is 7.11 Å². The molecule has 0 spiro atoms. The topological polar surface area (TPSA) is 56.3 Å². The van der Waals surface area contributed by atoms with E-state index in [-0.39, 0.29) is 10.6 Å². The molecule has 4 nitrogen and oxygen atoms in total. The SMILES string of the molecule is COc1ccc(-c2ccncc2)cc1S(=O)(=O)Cl. The van der Waals surface area contributed by atoms with Gasteiger partial charge in [0.2, 0.25) is 0 Å². The summed E-state index contributed by atoms with van der Waals surface area (Å²) in [5.41, 5.74) is 1.59. The number of aromatic nitrogens is 1. The van der Waals surface area contributed by atoms with Crippen LogP contribution in [0, 0.1) is 0 Å². The van der Waals surface area contributed by atoms with Crippen LogP contribution in [0.15, 0.2) is 47.6 Å². The Balaban J connectivity index is 2.61. The van der Waals surface area contributed by atoms with Gasteiger partial charge in [-0.1, -0.05) is 6.07 Å². The van der Waals surface area contributed by atoms with Crippen molar-refractivity contribution in [1.29, 1.82) is 0 Å². The largest absolute Gasteiger partial charge is 0.495 e. The van der Waals surface area contributed by atoms with Crippen LogP contribution in [-0.2, 0) is 9.05 Å². The standard InChI is InChI=1S/C12H10ClNO3S/c1-17-11-3-2-10(8-12(11)18(13,15)16)9-4-6-14-7-5-9/h2-8H,1H3. The first-order chi connectivity index (χ1) is 8.52. The van der Waals surface area contributed by atoms with Gasteiger partial charge in [0.25, 0.3) is 9.05 Å². The summed E-state index contributed by atoms with van der Waals surface area (Å²) >= 11 is 0. The lowest BCUT2D eigenvalue weighted by atomic mass is 10.1. The molecule has 94 valence electrons. The Morgan fingerprint density at radius 1 is 1.11 bits per heavy atom. The molecule has 0 saturated heterocycles. The Labute approximate surface area is 110 Å². The molecule has 6 heteroatoms. The number of hydrogen-bond donors (Lipinski definition) is 0. The van der Waals surface area contributed by atoms with Gasteiger partial charge in [-0.05, 0) is 35.4 Å². The van der Waals surface area contributed by atoms with Gasteiger partial charge in [0.05, 0.1) is 7.11 Å². The summed E-state index contributed by atoms with van der Waals surface area (Å²) in [7, 11) is 2.93. The highest BCUT2D eigenvalue weighted by atomic mass is 35.7. The molecule has 0 aliphatic heterocycles. The Morgan fingerprint density at radius 3 is 2.33 bits per heavy atom. The number of nitrogens with zero attached hydrogens (tertiary/aromatic N) is 1. The molecule has 0 unspecified atom stereocenters. The van der Waals surface area contributed by atoms with Crippen LogP contribution in [0.3, 0.4) is 0 Å². The first-order valence-corrected chi connectivity index (χ1v) is 7.36. The molecule has 0 amide bonds. The molecule has 18 heavy (non-hydrogen) atoms. The first-order valence-electron chi connectivity index (χ1n) is 5.05. The molecule has 1 heterocycles. The molecular weight excluding hydrogens is 274 g/mol. The molecule has 0 N–H and O–H groups in total. The maximum atomic E-state index is 11.5. The maximum absolute atomic E-state index is 11.5. The monoisotopic (exact) mass is 283 g/mol. The summed E-state index contributed by atoms with van der Waals surface area (Å²) in [6.45, 7) is 0. The summed E-state index contributed by atoms with van der Waals surface area (Å²) in [5, 5.41) is 0.